The minimum Gasteiger partial charge on any atom is -0.406 e. The summed E-state index contributed by atoms with van der Waals surface area (Å²) >= 11 is 0. The molecule has 0 saturated heterocycles. The molecule has 4 aromatic rings. The summed E-state index contributed by atoms with van der Waals surface area (Å²) in [4.78, 5) is 27.0. The van der Waals surface area contributed by atoms with Gasteiger partial charge < -0.3 is 26.1 Å². The average molecular weight is 540 g/mol. The summed E-state index contributed by atoms with van der Waals surface area (Å²) in [6.45, 7) is 0. The molecule has 0 radical (unpaired) electrons. The lowest BCUT2D eigenvalue weighted by Gasteiger charge is -2.12. The van der Waals surface area contributed by atoms with Crippen molar-refractivity contribution in [2.75, 3.05) is 10.6 Å². The highest BCUT2D eigenvalue weighted by atomic mass is 19.4. The maximum atomic E-state index is 13.9. The van der Waals surface area contributed by atoms with Gasteiger partial charge in [-0.3, -0.25) is 4.79 Å². The van der Waals surface area contributed by atoms with Crippen LogP contribution in [0.15, 0.2) is 60.7 Å². The summed E-state index contributed by atoms with van der Waals surface area (Å²) in [6, 6.07) is 9.40. The third-order valence-corrected chi connectivity index (χ3v) is 5.22. The van der Waals surface area contributed by atoms with E-state index in [1.165, 1.54) is 30.3 Å². The van der Waals surface area contributed by atoms with Crippen LogP contribution in [0.3, 0.4) is 0 Å². The van der Waals surface area contributed by atoms with Gasteiger partial charge in [-0.1, -0.05) is 12.1 Å². The minimum absolute atomic E-state index is 0.0948. The Morgan fingerprint density at radius 1 is 0.868 bits per heavy atom. The van der Waals surface area contributed by atoms with Crippen molar-refractivity contribution >= 4 is 34.2 Å². The van der Waals surface area contributed by atoms with Crippen molar-refractivity contribution in [1.82, 2.24) is 4.98 Å². The van der Waals surface area contributed by atoms with Crippen molar-refractivity contribution in [2.45, 2.75) is 12.5 Å². The lowest BCUT2D eigenvalue weighted by Crippen LogP contribution is -2.20. The van der Waals surface area contributed by atoms with Crippen LogP contribution in [0.2, 0.25) is 0 Å². The Morgan fingerprint density at radius 2 is 1.55 bits per heavy atom. The van der Waals surface area contributed by atoms with Crippen molar-refractivity contribution in [1.29, 1.82) is 0 Å². The number of carbonyl (C=O) groups excluding carboxylic acids is 2. The number of ether oxygens (including phenoxy) is 1. The molecule has 14 heteroatoms. The fourth-order valence-electron chi connectivity index (χ4n) is 3.66. The second kappa shape index (κ2) is 9.61. The fraction of sp³-hybridized carbons (Fsp3) is 0.0833. The number of hydrogen-bond acceptors (Lipinski definition) is 3. The highest BCUT2D eigenvalue weighted by Crippen LogP contribution is 2.36. The number of amides is 3. The van der Waals surface area contributed by atoms with Gasteiger partial charge in [-0.2, -0.15) is 13.2 Å². The molecule has 0 atom stereocenters. The fourth-order valence-corrected chi connectivity index (χ4v) is 3.66. The van der Waals surface area contributed by atoms with E-state index >= 15 is 0 Å². The quantitative estimate of drug-likeness (QED) is 0.213. The Hall–Kier alpha value is -4.75. The van der Waals surface area contributed by atoms with Crippen LogP contribution in [0, 0.1) is 5.82 Å². The average Bonchev–Trinajstić information content (AvgIpc) is 3.18. The lowest BCUT2D eigenvalue weighted by atomic mass is 10.0. The van der Waals surface area contributed by atoms with E-state index in [1.54, 1.807) is 0 Å². The molecule has 5 N–H and O–H groups in total. The number of nitrogens with two attached hydrogens (primary N) is 1. The third-order valence-electron chi connectivity index (χ3n) is 5.22. The monoisotopic (exact) mass is 540 g/mol. The van der Waals surface area contributed by atoms with Gasteiger partial charge in [0.1, 0.15) is 17.3 Å². The predicted molar refractivity (Wildman–Crippen MR) is 123 cm³/mol. The van der Waals surface area contributed by atoms with Gasteiger partial charge in [-0.25, -0.2) is 9.18 Å². The minimum atomic E-state index is -4.94. The highest BCUT2D eigenvalue weighted by Gasteiger charge is 2.32. The van der Waals surface area contributed by atoms with Gasteiger partial charge in [0.25, 0.3) is 5.91 Å². The molecule has 3 aromatic carbocycles. The molecule has 0 fully saturated rings. The number of H-pyrrole nitrogens is 1. The summed E-state index contributed by atoms with van der Waals surface area (Å²) in [5.41, 5.74) is 4.39. The van der Waals surface area contributed by atoms with Gasteiger partial charge in [0, 0.05) is 22.2 Å². The zero-order valence-electron chi connectivity index (χ0n) is 18.7. The maximum Gasteiger partial charge on any atom is 0.573 e. The molecular weight excluding hydrogens is 525 g/mol. The number of anilines is 2. The number of aromatic amines is 1. The SMILES string of the molecule is NC(=O)c1[nH]c2ccc(OC(F)(F)F)cc2c1-c1ccc(NC(=O)Nc2cc(C(F)(F)F)ccc2F)cc1. The first-order valence-electron chi connectivity index (χ1n) is 10.5. The number of rotatable bonds is 5. The predicted octanol–water partition coefficient (Wildman–Crippen LogP) is 6.63. The molecule has 0 spiro atoms. The van der Waals surface area contributed by atoms with E-state index < -0.39 is 47.3 Å². The van der Waals surface area contributed by atoms with Crippen molar-refractivity contribution in [2.24, 2.45) is 5.73 Å². The Balaban J connectivity index is 1.59. The van der Waals surface area contributed by atoms with E-state index in [0.717, 1.165) is 12.1 Å². The van der Waals surface area contributed by atoms with Crippen LogP contribution in [-0.2, 0) is 6.18 Å². The lowest BCUT2D eigenvalue weighted by molar-refractivity contribution is -0.274. The Kier molecular flexibility index (Phi) is 6.65. The zero-order chi connectivity index (χ0) is 27.8. The number of carbonyl (C=O) groups is 2. The number of halogens is 7. The Bertz CT molecular complexity index is 1530. The molecule has 38 heavy (non-hydrogen) atoms. The molecule has 1 aromatic heterocycles. The second-order valence-electron chi connectivity index (χ2n) is 7.84. The van der Waals surface area contributed by atoms with Gasteiger partial charge in [0.05, 0.1) is 11.3 Å². The number of alkyl halides is 6. The molecule has 0 unspecified atom stereocenters. The third kappa shape index (κ3) is 5.79. The van der Waals surface area contributed by atoms with Crippen molar-refractivity contribution in [3.05, 3.63) is 77.7 Å². The van der Waals surface area contributed by atoms with Crippen LogP contribution in [0.1, 0.15) is 16.1 Å². The number of benzene rings is 3. The first-order valence-corrected chi connectivity index (χ1v) is 10.5. The van der Waals surface area contributed by atoms with Crippen LogP contribution in [0.25, 0.3) is 22.0 Å². The molecule has 0 bridgehead atoms. The topological polar surface area (TPSA) is 109 Å². The maximum absolute atomic E-state index is 13.9. The van der Waals surface area contributed by atoms with E-state index in [0.29, 0.717) is 29.3 Å². The molecule has 198 valence electrons. The van der Waals surface area contributed by atoms with Gasteiger partial charge in [-0.15, -0.1) is 13.2 Å². The molecule has 1 heterocycles. The number of primary amides is 1. The molecule has 0 aliphatic rings. The van der Waals surface area contributed by atoms with Gasteiger partial charge >= 0.3 is 18.6 Å². The summed E-state index contributed by atoms with van der Waals surface area (Å²) in [5.74, 6) is -2.51. The van der Waals surface area contributed by atoms with E-state index in [-0.39, 0.29) is 22.3 Å². The number of fused-ring (bicyclic) bond motifs is 1. The molecular formula is C24H15F7N4O3. The zero-order valence-corrected chi connectivity index (χ0v) is 18.7. The van der Waals surface area contributed by atoms with Crippen LogP contribution < -0.4 is 21.1 Å². The largest absolute Gasteiger partial charge is 0.573 e. The highest BCUT2D eigenvalue weighted by molar-refractivity contribution is 6.09. The van der Waals surface area contributed by atoms with Crippen LogP contribution in [0.5, 0.6) is 5.75 Å². The molecule has 0 saturated carbocycles. The normalized spacial score (nSPS) is 11.9. The summed E-state index contributed by atoms with van der Waals surface area (Å²) in [5, 5.41) is 4.50. The van der Waals surface area contributed by atoms with Crippen LogP contribution in [-0.4, -0.2) is 23.3 Å². The molecule has 4 rings (SSSR count). The number of urea groups is 1. The van der Waals surface area contributed by atoms with Crippen molar-refractivity contribution in [3.8, 4) is 16.9 Å². The van der Waals surface area contributed by atoms with Crippen molar-refractivity contribution in [3.63, 3.8) is 0 Å². The number of hydrogen-bond donors (Lipinski definition) is 4. The van der Waals surface area contributed by atoms with E-state index in [4.69, 9.17) is 5.73 Å². The first-order chi connectivity index (χ1) is 17.7. The van der Waals surface area contributed by atoms with E-state index in [1.807, 2.05) is 5.32 Å². The molecule has 3 amide bonds. The van der Waals surface area contributed by atoms with Crippen LogP contribution in [0.4, 0.5) is 46.9 Å². The van der Waals surface area contributed by atoms with E-state index in [2.05, 4.69) is 15.0 Å². The molecule has 0 aliphatic carbocycles. The summed E-state index contributed by atoms with van der Waals surface area (Å²) in [6.07, 6.45) is -9.69. The Labute approximate surface area is 208 Å². The summed E-state index contributed by atoms with van der Waals surface area (Å²) in [7, 11) is 0. The molecule has 0 aliphatic heterocycles. The molecule has 7 nitrogen and oxygen atoms in total. The van der Waals surface area contributed by atoms with Crippen LogP contribution >= 0.6 is 0 Å². The summed E-state index contributed by atoms with van der Waals surface area (Å²) < 4.78 is 94.4. The second-order valence-corrected chi connectivity index (χ2v) is 7.84. The van der Waals surface area contributed by atoms with Gasteiger partial charge in [-0.05, 0) is 54.1 Å². The standard InChI is InChI=1S/C24H15F7N4O3/c25-16-7-3-12(23(26,27)28)9-18(16)35-22(37)33-13-4-1-11(2-5-13)19-15-10-14(38-24(29,30)31)6-8-17(15)34-20(19)21(32)36/h1-10,34H,(H2,32,36)(H2,33,35,37). The van der Waals surface area contributed by atoms with Crippen molar-refractivity contribution < 1.29 is 45.1 Å². The number of aromatic nitrogens is 1. The first kappa shape index (κ1) is 26.3. The van der Waals surface area contributed by atoms with Gasteiger partial charge in [0.15, 0.2) is 0 Å². The number of nitrogens with one attached hydrogen (secondary N) is 3. The van der Waals surface area contributed by atoms with E-state index in [9.17, 15) is 40.3 Å². The Morgan fingerprint density at radius 3 is 2.16 bits per heavy atom. The van der Waals surface area contributed by atoms with Gasteiger partial charge in [0.2, 0.25) is 0 Å². The smallest absolute Gasteiger partial charge is 0.406 e.